The van der Waals surface area contributed by atoms with Gasteiger partial charge in [0.25, 0.3) is 0 Å². The van der Waals surface area contributed by atoms with Gasteiger partial charge in [-0.15, -0.1) is 0 Å². The Morgan fingerprint density at radius 1 is 1.12 bits per heavy atom. The van der Waals surface area contributed by atoms with Gasteiger partial charge in [-0.2, -0.15) is 4.99 Å². The van der Waals surface area contributed by atoms with E-state index in [1.807, 2.05) is 17.0 Å². The first-order valence-electron chi connectivity index (χ1n) is 8.46. The predicted molar refractivity (Wildman–Crippen MR) is 93.5 cm³/mol. The number of hydrogen-bond acceptors (Lipinski definition) is 6. The number of benzene rings is 1. The van der Waals surface area contributed by atoms with Crippen molar-refractivity contribution < 1.29 is 4.79 Å². The van der Waals surface area contributed by atoms with Gasteiger partial charge < -0.3 is 16.8 Å². The number of nitrogens with two attached hydrogens (primary N) is 2. The summed E-state index contributed by atoms with van der Waals surface area (Å²) in [7, 11) is 0. The Balaban J connectivity index is 1.76. The SMILES string of the molecule is NC1=NC2(CCCCC2)N(c2ccc3c(c2)CNC(=O)C3)C(N)=N1. The summed E-state index contributed by atoms with van der Waals surface area (Å²) in [6.45, 7) is 0.547. The lowest BCUT2D eigenvalue weighted by Crippen LogP contribution is -2.58. The molecule has 1 saturated carbocycles. The molecule has 3 aliphatic rings. The molecule has 0 radical (unpaired) electrons. The second kappa shape index (κ2) is 5.51. The molecule has 24 heavy (non-hydrogen) atoms. The van der Waals surface area contributed by atoms with Gasteiger partial charge in [0.2, 0.25) is 17.8 Å². The van der Waals surface area contributed by atoms with Gasteiger partial charge in [0.05, 0.1) is 6.42 Å². The highest BCUT2D eigenvalue weighted by Gasteiger charge is 2.42. The average molecular weight is 326 g/mol. The van der Waals surface area contributed by atoms with Crippen molar-refractivity contribution >= 4 is 23.5 Å². The zero-order valence-corrected chi connectivity index (χ0v) is 13.6. The van der Waals surface area contributed by atoms with Gasteiger partial charge in [-0.1, -0.05) is 12.5 Å². The van der Waals surface area contributed by atoms with Gasteiger partial charge in [-0.3, -0.25) is 9.69 Å². The number of hydrogen-bond donors (Lipinski definition) is 3. The summed E-state index contributed by atoms with van der Waals surface area (Å²) in [4.78, 5) is 22.5. The molecule has 7 heteroatoms. The molecule has 1 aliphatic carbocycles. The fourth-order valence-corrected chi connectivity index (χ4v) is 4.01. The minimum Gasteiger partial charge on any atom is -0.369 e. The van der Waals surface area contributed by atoms with Crippen LogP contribution in [0.4, 0.5) is 5.69 Å². The number of guanidine groups is 2. The van der Waals surface area contributed by atoms with Gasteiger partial charge in [-0.05, 0) is 48.9 Å². The van der Waals surface area contributed by atoms with E-state index in [9.17, 15) is 4.79 Å². The first-order valence-corrected chi connectivity index (χ1v) is 8.46. The quantitative estimate of drug-likeness (QED) is 0.714. The smallest absolute Gasteiger partial charge is 0.224 e. The minimum atomic E-state index is -0.430. The van der Waals surface area contributed by atoms with Crippen LogP contribution >= 0.6 is 0 Å². The summed E-state index contributed by atoms with van der Waals surface area (Å²) < 4.78 is 0. The number of carbonyl (C=O) groups is 1. The van der Waals surface area contributed by atoms with Crippen LogP contribution in [0.5, 0.6) is 0 Å². The Bertz CT molecular complexity index is 747. The maximum absolute atomic E-state index is 11.6. The van der Waals surface area contributed by atoms with Gasteiger partial charge in [-0.25, -0.2) is 4.99 Å². The van der Waals surface area contributed by atoms with Gasteiger partial charge in [0.15, 0.2) is 0 Å². The molecule has 0 bridgehead atoms. The monoisotopic (exact) mass is 326 g/mol. The first-order chi connectivity index (χ1) is 11.6. The maximum atomic E-state index is 11.6. The highest BCUT2D eigenvalue weighted by Crippen LogP contribution is 2.40. The van der Waals surface area contributed by atoms with E-state index in [1.165, 1.54) is 6.42 Å². The van der Waals surface area contributed by atoms with Crippen LogP contribution < -0.4 is 21.7 Å². The van der Waals surface area contributed by atoms with Crippen molar-refractivity contribution in [2.75, 3.05) is 4.90 Å². The van der Waals surface area contributed by atoms with Crippen molar-refractivity contribution in [2.45, 2.75) is 50.7 Å². The average Bonchev–Trinajstić information content (AvgIpc) is 2.55. The molecule has 0 saturated heterocycles. The Hall–Kier alpha value is -2.57. The largest absolute Gasteiger partial charge is 0.369 e. The summed E-state index contributed by atoms with van der Waals surface area (Å²) >= 11 is 0. The van der Waals surface area contributed by atoms with Crippen LogP contribution in [0.15, 0.2) is 28.2 Å². The molecule has 1 spiro atoms. The molecule has 2 aliphatic heterocycles. The molecular formula is C17H22N6O. The third kappa shape index (κ3) is 2.40. The van der Waals surface area contributed by atoms with Crippen LogP contribution in [0.3, 0.4) is 0 Å². The van der Waals surface area contributed by atoms with Crippen molar-refractivity contribution in [2.24, 2.45) is 21.5 Å². The van der Waals surface area contributed by atoms with Gasteiger partial charge in [0, 0.05) is 12.2 Å². The Morgan fingerprint density at radius 3 is 2.71 bits per heavy atom. The molecule has 0 aromatic heterocycles. The lowest BCUT2D eigenvalue weighted by Gasteiger charge is -2.45. The van der Waals surface area contributed by atoms with Crippen LogP contribution in [-0.4, -0.2) is 23.5 Å². The van der Waals surface area contributed by atoms with Crippen molar-refractivity contribution in [3.05, 3.63) is 29.3 Å². The van der Waals surface area contributed by atoms with E-state index in [-0.39, 0.29) is 11.9 Å². The maximum Gasteiger partial charge on any atom is 0.224 e. The molecule has 2 heterocycles. The molecule has 7 nitrogen and oxygen atoms in total. The van der Waals surface area contributed by atoms with Crippen molar-refractivity contribution in [1.29, 1.82) is 0 Å². The number of aliphatic imine (C=N–C) groups is 2. The lowest BCUT2D eigenvalue weighted by molar-refractivity contribution is -0.121. The van der Waals surface area contributed by atoms with Crippen LogP contribution in [-0.2, 0) is 17.8 Å². The summed E-state index contributed by atoms with van der Waals surface area (Å²) in [6, 6.07) is 6.10. The highest BCUT2D eigenvalue weighted by atomic mass is 16.1. The molecule has 1 aromatic rings. The van der Waals surface area contributed by atoms with Crippen LogP contribution in [0.1, 0.15) is 43.2 Å². The van der Waals surface area contributed by atoms with E-state index in [0.29, 0.717) is 18.9 Å². The third-order valence-corrected chi connectivity index (χ3v) is 5.13. The summed E-state index contributed by atoms with van der Waals surface area (Å²) in [5.74, 6) is 0.718. The number of anilines is 1. The zero-order valence-electron chi connectivity index (χ0n) is 13.6. The fourth-order valence-electron chi connectivity index (χ4n) is 4.01. The Kier molecular flexibility index (Phi) is 3.44. The molecular weight excluding hydrogens is 304 g/mol. The molecule has 1 amide bonds. The fraction of sp³-hybridized carbons (Fsp3) is 0.471. The number of fused-ring (bicyclic) bond motifs is 1. The second-order valence-corrected chi connectivity index (χ2v) is 6.73. The topological polar surface area (TPSA) is 109 Å². The molecule has 1 fully saturated rings. The second-order valence-electron chi connectivity index (χ2n) is 6.73. The third-order valence-electron chi connectivity index (χ3n) is 5.13. The van der Waals surface area contributed by atoms with Crippen molar-refractivity contribution in [3.8, 4) is 0 Å². The standard InChI is InChI=1S/C17H22N6O/c18-15-21-16(19)23(17(22-15)6-2-1-3-7-17)13-5-4-11-9-14(24)20-10-12(11)8-13/h4-5,8H,1-3,6-7,9-10H2,(H,20,24)(H4,18,19,21,22). The van der Waals surface area contributed by atoms with Crippen molar-refractivity contribution in [1.82, 2.24) is 5.32 Å². The first kappa shape index (κ1) is 15.0. The number of nitrogens with zero attached hydrogens (tertiary/aromatic N) is 3. The Labute approximate surface area is 140 Å². The zero-order chi connectivity index (χ0) is 16.7. The van der Waals surface area contributed by atoms with E-state index in [4.69, 9.17) is 11.5 Å². The van der Waals surface area contributed by atoms with E-state index < -0.39 is 5.66 Å². The van der Waals surface area contributed by atoms with E-state index in [0.717, 1.165) is 42.5 Å². The highest BCUT2D eigenvalue weighted by molar-refractivity contribution is 6.05. The lowest BCUT2D eigenvalue weighted by atomic mass is 9.87. The predicted octanol–water partition coefficient (Wildman–Crippen LogP) is 0.969. The van der Waals surface area contributed by atoms with E-state index in [1.54, 1.807) is 0 Å². The van der Waals surface area contributed by atoms with Crippen LogP contribution in [0.25, 0.3) is 0 Å². The van der Waals surface area contributed by atoms with Gasteiger partial charge >= 0.3 is 0 Å². The number of nitrogens with one attached hydrogen (secondary N) is 1. The minimum absolute atomic E-state index is 0.0652. The van der Waals surface area contributed by atoms with Crippen LogP contribution in [0, 0.1) is 0 Å². The van der Waals surface area contributed by atoms with Crippen molar-refractivity contribution in [3.63, 3.8) is 0 Å². The number of carbonyl (C=O) groups excluding carboxylic acids is 1. The molecule has 0 unspecified atom stereocenters. The number of amides is 1. The number of rotatable bonds is 1. The molecule has 4 rings (SSSR count). The van der Waals surface area contributed by atoms with E-state index in [2.05, 4.69) is 21.4 Å². The summed E-state index contributed by atoms with van der Waals surface area (Å²) in [5, 5.41) is 2.89. The van der Waals surface area contributed by atoms with Gasteiger partial charge in [0.1, 0.15) is 5.66 Å². The molecule has 5 N–H and O–H groups in total. The van der Waals surface area contributed by atoms with E-state index >= 15 is 0 Å². The van der Waals surface area contributed by atoms with Crippen LogP contribution in [0.2, 0.25) is 0 Å². The molecule has 1 aromatic carbocycles. The normalized spacial score (nSPS) is 22.5. The molecule has 126 valence electrons. The molecule has 0 atom stereocenters. The summed E-state index contributed by atoms with van der Waals surface area (Å²) in [6.07, 6.45) is 5.66. The summed E-state index contributed by atoms with van der Waals surface area (Å²) in [5.41, 5.74) is 14.9. The Morgan fingerprint density at radius 2 is 1.92 bits per heavy atom.